The van der Waals surface area contributed by atoms with Crippen molar-refractivity contribution in [1.82, 2.24) is 5.32 Å². The maximum Gasteiger partial charge on any atom is 0.407 e. The second kappa shape index (κ2) is 6.93. The Morgan fingerprint density at radius 3 is 1.86 bits per heavy atom. The molecule has 1 rings (SSSR count). The monoisotopic (exact) mass is 325 g/mol. The van der Waals surface area contributed by atoms with Gasteiger partial charge in [-0.15, -0.1) is 0 Å². The largest absolute Gasteiger partial charge is 0.444 e. The molecule has 124 valence electrons. The highest BCUT2D eigenvalue weighted by atomic mass is 19.2. The highest BCUT2D eigenvalue weighted by Gasteiger charge is 2.25. The maximum atomic E-state index is 13.4. The van der Waals surface area contributed by atoms with Crippen LogP contribution in [0.2, 0.25) is 0 Å². The van der Waals surface area contributed by atoms with Gasteiger partial charge in [-0.3, -0.25) is 0 Å². The molecule has 0 unspecified atom stereocenters. The molecule has 0 heterocycles. The fraction of sp³-hybridized carbons (Fsp3) is 0.500. The van der Waals surface area contributed by atoms with Gasteiger partial charge in [-0.25, -0.2) is 26.7 Å². The molecule has 22 heavy (non-hydrogen) atoms. The van der Waals surface area contributed by atoms with Gasteiger partial charge in [0, 0.05) is 12.1 Å². The molecule has 0 saturated heterocycles. The average Bonchev–Trinajstić information content (AvgIpc) is 2.40. The van der Waals surface area contributed by atoms with E-state index in [0.29, 0.717) is 0 Å². The van der Waals surface area contributed by atoms with Gasteiger partial charge < -0.3 is 10.1 Å². The van der Waals surface area contributed by atoms with Crippen LogP contribution < -0.4 is 5.32 Å². The quantitative estimate of drug-likeness (QED) is 0.395. The third-order valence-corrected chi connectivity index (χ3v) is 2.57. The number of halogens is 5. The Hall–Kier alpha value is -1.86. The molecule has 0 aromatic heterocycles. The van der Waals surface area contributed by atoms with Gasteiger partial charge >= 0.3 is 6.09 Å². The van der Waals surface area contributed by atoms with Crippen molar-refractivity contribution in [2.45, 2.75) is 39.2 Å². The first-order chi connectivity index (χ1) is 10.0. The molecule has 0 radical (unpaired) electrons. The first kappa shape index (κ1) is 18.2. The van der Waals surface area contributed by atoms with E-state index in [9.17, 15) is 26.7 Å². The van der Waals surface area contributed by atoms with Crippen molar-refractivity contribution in [2.75, 3.05) is 6.54 Å². The number of hydrogen-bond acceptors (Lipinski definition) is 2. The molecule has 1 amide bonds. The van der Waals surface area contributed by atoms with E-state index in [0.717, 1.165) is 0 Å². The van der Waals surface area contributed by atoms with E-state index in [1.165, 1.54) is 0 Å². The van der Waals surface area contributed by atoms with E-state index in [2.05, 4.69) is 5.32 Å². The molecule has 0 bridgehead atoms. The molecule has 0 aliphatic carbocycles. The predicted molar refractivity (Wildman–Crippen MR) is 68.8 cm³/mol. The lowest BCUT2D eigenvalue weighted by atomic mass is 10.1. The lowest BCUT2D eigenvalue weighted by Crippen LogP contribution is -2.33. The van der Waals surface area contributed by atoms with Crippen molar-refractivity contribution in [2.24, 2.45) is 0 Å². The fourth-order valence-electron chi connectivity index (χ4n) is 1.64. The van der Waals surface area contributed by atoms with Gasteiger partial charge in [-0.05, 0) is 33.6 Å². The van der Waals surface area contributed by atoms with Crippen LogP contribution in [0, 0.1) is 29.1 Å². The van der Waals surface area contributed by atoms with Gasteiger partial charge in [0.25, 0.3) is 0 Å². The summed E-state index contributed by atoms with van der Waals surface area (Å²) in [5.41, 5.74) is -1.60. The number of rotatable bonds is 4. The molecule has 1 N–H and O–H groups in total. The summed E-state index contributed by atoms with van der Waals surface area (Å²) in [5, 5.41) is 2.32. The molecular formula is C14H16F5NO2. The lowest BCUT2D eigenvalue weighted by molar-refractivity contribution is 0.0527. The summed E-state index contributed by atoms with van der Waals surface area (Å²) in [4.78, 5) is 11.3. The lowest BCUT2D eigenvalue weighted by Gasteiger charge is -2.19. The third kappa shape index (κ3) is 4.57. The van der Waals surface area contributed by atoms with Crippen LogP contribution in [0.25, 0.3) is 0 Å². The summed E-state index contributed by atoms with van der Waals surface area (Å²) in [6, 6.07) is 0. The van der Waals surface area contributed by atoms with E-state index in [-0.39, 0.29) is 13.0 Å². The Bertz CT molecular complexity index is 540. The van der Waals surface area contributed by atoms with Crippen LogP contribution in [0.5, 0.6) is 0 Å². The SMILES string of the molecule is CC(C)(C)OC(=O)NCCCc1c(F)c(F)c(F)c(F)c1F. The Labute approximate surface area is 124 Å². The van der Waals surface area contributed by atoms with Crippen molar-refractivity contribution < 1.29 is 31.5 Å². The van der Waals surface area contributed by atoms with Crippen LogP contribution in [-0.2, 0) is 11.2 Å². The Morgan fingerprint density at radius 1 is 0.955 bits per heavy atom. The molecule has 1 aromatic rings. The Morgan fingerprint density at radius 2 is 1.41 bits per heavy atom. The van der Waals surface area contributed by atoms with E-state index in [1.54, 1.807) is 20.8 Å². The van der Waals surface area contributed by atoms with Crippen molar-refractivity contribution in [3.63, 3.8) is 0 Å². The summed E-state index contributed by atoms with van der Waals surface area (Å²) in [7, 11) is 0. The minimum Gasteiger partial charge on any atom is -0.444 e. The highest BCUT2D eigenvalue weighted by molar-refractivity contribution is 5.67. The molecule has 0 saturated carbocycles. The zero-order valence-corrected chi connectivity index (χ0v) is 12.3. The number of benzene rings is 1. The molecule has 3 nitrogen and oxygen atoms in total. The van der Waals surface area contributed by atoms with Gasteiger partial charge in [-0.2, -0.15) is 0 Å². The van der Waals surface area contributed by atoms with Gasteiger partial charge in [0.05, 0.1) is 0 Å². The molecule has 0 aliphatic heterocycles. The standard InChI is InChI=1S/C14H16F5NO2/c1-14(2,3)22-13(21)20-6-4-5-7-8(15)10(17)12(19)11(18)9(7)16/h4-6H2,1-3H3,(H,20,21). The zero-order chi connectivity index (χ0) is 17.1. The summed E-state index contributed by atoms with van der Waals surface area (Å²) in [5.74, 6) is -9.85. The second-order valence-corrected chi connectivity index (χ2v) is 5.58. The van der Waals surface area contributed by atoms with E-state index in [4.69, 9.17) is 4.74 Å². The summed E-state index contributed by atoms with van der Waals surface area (Å²) < 4.78 is 70.5. The Kier molecular flexibility index (Phi) is 5.73. The van der Waals surface area contributed by atoms with Crippen LogP contribution in [0.15, 0.2) is 0 Å². The van der Waals surface area contributed by atoms with Crippen LogP contribution in [0.1, 0.15) is 32.8 Å². The van der Waals surface area contributed by atoms with Crippen molar-refractivity contribution in [1.29, 1.82) is 0 Å². The molecule has 1 aromatic carbocycles. The van der Waals surface area contributed by atoms with Crippen LogP contribution in [-0.4, -0.2) is 18.2 Å². The number of amides is 1. The number of carbonyl (C=O) groups excluding carboxylic acids is 1. The minimum atomic E-state index is -2.19. The number of hydrogen-bond donors (Lipinski definition) is 1. The Balaban J connectivity index is 2.62. The summed E-state index contributed by atoms with van der Waals surface area (Å²) in [6.07, 6.45) is -1.16. The number of alkyl carbamates (subject to hydrolysis) is 1. The first-order valence-electron chi connectivity index (χ1n) is 6.51. The van der Waals surface area contributed by atoms with E-state index >= 15 is 0 Å². The van der Waals surface area contributed by atoms with Crippen molar-refractivity contribution >= 4 is 6.09 Å². The molecule has 0 fully saturated rings. The fourth-order valence-corrected chi connectivity index (χ4v) is 1.64. The van der Waals surface area contributed by atoms with Crippen molar-refractivity contribution in [3.8, 4) is 0 Å². The zero-order valence-electron chi connectivity index (χ0n) is 12.3. The topological polar surface area (TPSA) is 38.3 Å². The predicted octanol–water partition coefficient (Wildman–Crippen LogP) is 3.84. The number of carbonyl (C=O) groups is 1. The smallest absolute Gasteiger partial charge is 0.407 e. The van der Waals surface area contributed by atoms with Crippen LogP contribution >= 0.6 is 0 Å². The van der Waals surface area contributed by atoms with E-state index < -0.39 is 52.8 Å². The molecule has 0 atom stereocenters. The van der Waals surface area contributed by atoms with Crippen LogP contribution in [0.4, 0.5) is 26.7 Å². The maximum absolute atomic E-state index is 13.4. The minimum absolute atomic E-state index is 0.0163. The third-order valence-electron chi connectivity index (χ3n) is 2.57. The van der Waals surface area contributed by atoms with E-state index in [1.807, 2.05) is 0 Å². The van der Waals surface area contributed by atoms with Crippen LogP contribution in [0.3, 0.4) is 0 Å². The molecule has 8 heteroatoms. The first-order valence-corrected chi connectivity index (χ1v) is 6.51. The highest BCUT2D eigenvalue weighted by Crippen LogP contribution is 2.23. The molecule has 0 spiro atoms. The number of ether oxygens (including phenoxy) is 1. The van der Waals surface area contributed by atoms with Crippen molar-refractivity contribution in [3.05, 3.63) is 34.6 Å². The second-order valence-electron chi connectivity index (χ2n) is 5.58. The summed E-state index contributed by atoms with van der Waals surface area (Å²) in [6.45, 7) is 4.93. The van der Waals surface area contributed by atoms with Gasteiger partial charge in [0.1, 0.15) is 5.60 Å². The summed E-state index contributed by atoms with van der Waals surface area (Å²) >= 11 is 0. The number of nitrogens with one attached hydrogen (secondary N) is 1. The normalized spacial score (nSPS) is 11.5. The van der Waals surface area contributed by atoms with Gasteiger partial charge in [-0.1, -0.05) is 0 Å². The van der Waals surface area contributed by atoms with Gasteiger partial charge in [0.15, 0.2) is 23.3 Å². The van der Waals surface area contributed by atoms with Gasteiger partial charge in [0.2, 0.25) is 5.82 Å². The molecular weight excluding hydrogens is 309 g/mol. The molecule has 0 aliphatic rings. The average molecular weight is 325 g/mol.